The second-order valence-electron chi connectivity index (χ2n) is 6.02. The Kier molecular flexibility index (Phi) is 5.36. The topological polar surface area (TPSA) is 120 Å². The van der Waals surface area contributed by atoms with Crippen LogP contribution in [0.4, 0.5) is 5.69 Å². The molecule has 0 aliphatic carbocycles. The van der Waals surface area contributed by atoms with Crippen molar-refractivity contribution in [1.29, 1.82) is 0 Å². The maximum atomic E-state index is 12.3. The number of anilines is 1. The lowest BCUT2D eigenvalue weighted by molar-refractivity contribution is -0.114. The molecule has 0 aliphatic rings. The number of carbonyl (C=O) groups is 1. The summed E-state index contributed by atoms with van der Waals surface area (Å²) in [4.78, 5) is 28.7. The minimum absolute atomic E-state index is 0.157. The Morgan fingerprint density at radius 2 is 2.17 bits per heavy atom. The van der Waals surface area contributed by atoms with Crippen molar-refractivity contribution in [3.05, 3.63) is 51.4 Å². The molecule has 29 heavy (non-hydrogen) atoms. The van der Waals surface area contributed by atoms with Crippen LogP contribution in [0.5, 0.6) is 0 Å². The van der Waals surface area contributed by atoms with Crippen LogP contribution >= 0.6 is 23.1 Å². The summed E-state index contributed by atoms with van der Waals surface area (Å²) in [7, 11) is 0. The van der Waals surface area contributed by atoms with Crippen LogP contribution < -0.4 is 10.9 Å². The van der Waals surface area contributed by atoms with Gasteiger partial charge in [0.15, 0.2) is 0 Å². The van der Waals surface area contributed by atoms with Crippen molar-refractivity contribution in [2.75, 3.05) is 5.32 Å². The number of nitrogens with zero attached hydrogens (tertiary/aromatic N) is 7. The molecular weight excluding hydrogens is 412 g/mol. The molecule has 1 aromatic carbocycles. The van der Waals surface area contributed by atoms with Crippen molar-refractivity contribution in [2.24, 2.45) is 0 Å². The molecular formula is C17H16N8O2S2. The van der Waals surface area contributed by atoms with Crippen molar-refractivity contribution in [3.8, 4) is 5.69 Å². The summed E-state index contributed by atoms with van der Waals surface area (Å²) < 4.78 is 2.90. The second-order valence-corrected chi connectivity index (χ2v) is 8.01. The molecule has 0 bridgehead atoms. The summed E-state index contributed by atoms with van der Waals surface area (Å²) in [6.45, 7) is 3.43. The first-order valence-corrected chi connectivity index (χ1v) is 10.5. The Morgan fingerprint density at radius 3 is 2.97 bits per heavy atom. The van der Waals surface area contributed by atoms with Gasteiger partial charge in [0.25, 0.3) is 5.56 Å². The minimum Gasteiger partial charge on any atom is -0.326 e. The standard InChI is InChI=1S/C17H16N8O2S2/c1-3-14-21-25-15(27)8-12(19-16(25)29-14)9-28-17-20-22-23-24(17)13-6-4-5-11(7-13)18-10(2)26/h4-8H,3,9H2,1-2H3,(H,18,26). The minimum atomic E-state index is -0.204. The number of thioether (sulfide) groups is 1. The molecule has 1 N–H and O–H groups in total. The predicted molar refractivity (Wildman–Crippen MR) is 110 cm³/mol. The molecule has 1 amide bonds. The van der Waals surface area contributed by atoms with Crippen LogP contribution in [0, 0.1) is 0 Å². The number of hydrogen-bond acceptors (Lipinski definition) is 9. The lowest BCUT2D eigenvalue weighted by atomic mass is 10.3. The van der Waals surface area contributed by atoms with Gasteiger partial charge < -0.3 is 5.32 Å². The normalized spacial score (nSPS) is 11.1. The lowest BCUT2D eigenvalue weighted by Gasteiger charge is -2.07. The summed E-state index contributed by atoms with van der Waals surface area (Å²) in [5, 5.41) is 20.2. The zero-order chi connectivity index (χ0) is 20.4. The highest BCUT2D eigenvalue weighted by atomic mass is 32.2. The van der Waals surface area contributed by atoms with Gasteiger partial charge in [-0.15, -0.1) is 5.10 Å². The van der Waals surface area contributed by atoms with Gasteiger partial charge in [0.2, 0.25) is 16.0 Å². The van der Waals surface area contributed by atoms with Crippen LogP contribution in [0.25, 0.3) is 10.6 Å². The van der Waals surface area contributed by atoms with E-state index in [-0.39, 0.29) is 11.5 Å². The first-order valence-electron chi connectivity index (χ1n) is 8.71. The van der Waals surface area contributed by atoms with E-state index in [2.05, 4.69) is 30.9 Å². The first-order chi connectivity index (χ1) is 14.0. The number of carbonyl (C=O) groups excluding carboxylic acids is 1. The van der Waals surface area contributed by atoms with Gasteiger partial charge >= 0.3 is 0 Å². The van der Waals surface area contributed by atoms with Gasteiger partial charge in [-0.25, -0.2) is 4.98 Å². The average Bonchev–Trinajstić information content (AvgIpc) is 3.33. The highest BCUT2D eigenvalue weighted by Gasteiger charge is 2.13. The van der Waals surface area contributed by atoms with Crippen molar-refractivity contribution >= 4 is 39.7 Å². The molecule has 0 radical (unpaired) electrons. The fourth-order valence-corrected chi connectivity index (χ4v) is 4.24. The molecule has 0 spiro atoms. The predicted octanol–water partition coefficient (Wildman–Crippen LogP) is 1.94. The summed E-state index contributed by atoms with van der Waals surface area (Å²) in [6.07, 6.45) is 0.754. The highest BCUT2D eigenvalue weighted by Crippen LogP contribution is 2.23. The van der Waals surface area contributed by atoms with Gasteiger partial charge in [-0.1, -0.05) is 36.1 Å². The third-order valence-electron chi connectivity index (χ3n) is 3.84. The Labute approximate surface area is 173 Å². The first kappa shape index (κ1) is 19.2. The summed E-state index contributed by atoms with van der Waals surface area (Å²) >= 11 is 2.77. The van der Waals surface area contributed by atoms with Crippen molar-refractivity contribution in [1.82, 2.24) is 34.8 Å². The largest absolute Gasteiger partial charge is 0.326 e. The zero-order valence-electron chi connectivity index (χ0n) is 15.6. The van der Waals surface area contributed by atoms with E-state index in [1.807, 2.05) is 19.1 Å². The molecule has 0 saturated heterocycles. The fraction of sp³-hybridized carbons (Fsp3) is 0.235. The Morgan fingerprint density at radius 1 is 1.31 bits per heavy atom. The van der Waals surface area contributed by atoms with Crippen molar-refractivity contribution < 1.29 is 4.79 Å². The van der Waals surface area contributed by atoms with E-state index >= 15 is 0 Å². The van der Waals surface area contributed by atoms with Crippen LogP contribution in [-0.4, -0.2) is 40.7 Å². The Bertz CT molecular complexity index is 1250. The van der Waals surface area contributed by atoms with Gasteiger partial charge in [0.05, 0.1) is 11.4 Å². The quantitative estimate of drug-likeness (QED) is 0.463. The number of benzene rings is 1. The average molecular weight is 429 g/mol. The van der Waals surface area contributed by atoms with E-state index in [4.69, 9.17) is 0 Å². The van der Waals surface area contributed by atoms with Gasteiger partial charge in [-0.2, -0.15) is 14.3 Å². The van der Waals surface area contributed by atoms with Crippen molar-refractivity contribution in [3.63, 3.8) is 0 Å². The second kappa shape index (κ2) is 8.09. The molecule has 0 saturated carbocycles. The van der Waals surface area contributed by atoms with E-state index in [1.165, 1.54) is 40.6 Å². The maximum absolute atomic E-state index is 12.3. The molecule has 10 nitrogen and oxygen atoms in total. The smallest absolute Gasteiger partial charge is 0.275 e. The van der Waals surface area contributed by atoms with Crippen LogP contribution in [0.1, 0.15) is 24.5 Å². The number of hydrogen-bond donors (Lipinski definition) is 1. The number of amides is 1. The molecule has 0 fully saturated rings. The SMILES string of the molecule is CCc1nn2c(=O)cc(CSc3nnnn3-c3cccc(NC(C)=O)c3)nc2s1. The van der Waals surface area contributed by atoms with Crippen LogP contribution in [0.2, 0.25) is 0 Å². The number of fused-ring (bicyclic) bond motifs is 1. The van der Waals surface area contributed by atoms with Crippen LogP contribution in [0.3, 0.4) is 0 Å². The lowest BCUT2D eigenvalue weighted by Crippen LogP contribution is -2.15. The summed E-state index contributed by atoms with van der Waals surface area (Å²) in [5.74, 6) is 0.271. The third kappa shape index (κ3) is 4.17. The van der Waals surface area contributed by atoms with E-state index in [0.29, 0.717) is 32.9 Å². The van der Waals surface area contributed by atoms with Crippen LogP contribution in [-0.2, 0) is 17.0 Å². The number of tetrazole rings is 1. The van der Waals surface area contributed by atoms with E-state index in [9.17, 15) is 9.59 Å². The molecule has 3 heterocycles. The van der Waals surface area contributed by atoms with Gasteiger partial charge in [0.1, 0.15) is 5.01 Å². The molecule has 3 aromatic heterocycles. The Balaban J connectivity index is 1.56. The Hall–Kier alpha value is -3.12. The van der Waals surface area contributed by atoms with Gasteiger partial charge in [-0.3, -0.25) is 9.59 Å². The van der Waals surface area contributed by atoms with E-state index in [0.717, 1.165) is 11.4 Å². The number of nitrogens with one attached hydrogen (secondary N) is 1. The molecule has 148 valence electrons. The van der Waals surface area contributed by atoms with Gasteiger partial charge in [0, 0.05) is 24.4 Å². The summed E-state index contributed by atoms with van der Waals surface area (Å²) in [6, 6.07) is 8.69. The van der Waals surface area contributed by atoms with Crippen LogP contribution in [0.15, 0.2) is 40.3 Å². The highest BCUT2D eigenvalue weighted by molar-refractivity contribution is 7.98. The molecule has 0 atom stereocenters. The fourth-order valence-electron chi connectivity index (χ4n) is 2.60. The van der Waals surface area contributed by atoms with E-state index in [1.54, 1.807) is 16.8 Å². The maximum Gasteiger partial charge on any atom is 0.275 e. The molecule has 12 heteroatoms. The third-order valence-corrected chi connectivity index (χ3v) is 5.85. The monoisotopic (exact) mass is 428 g/mol. The zero-order valence-corrected chi connectivity index (χ0v) is 17.2. The number of aromatic nitrogens is 7. The summed E-state index contributed by atoms with van der Waals surface area (Å²) in [5.41, 5.74) is 1.79. The number of rotatable bonds is 6. The molecule has 0 unspecified atom stereocenters. The van der Waals surface area contributed by atoms with E-state index < -0.39 is 0 Å². The molecule has 0 aliphatic heterocycles. The molecule has 4 rings (SSSR count). The van der Waals surface area contributed by atoms with Crippen molar-refractivity contribution in [2.45, 2.75) is 31.2 Å². The number of aryl methyl sites for hydroxylation is 1. The molecule has 4 aromatic rings. The van der Waals surface area contributed by atoms with Gasteiger partial charge in [-0.05, 0) is 35.0 Å².